The molecule has 0 amide bonds. The van der Waals surface area contributed by atoms with Gasteiger partial charge in [0.1, 0.15) is 5.52 Å². The summed E-state index contributed by atoms with van der Waals surface area (Å²) in [4.78, 5) is 15.0. The number of esters is 1. The number of fused-ring (bicyclic) bond motifs is 1. The summed E-state index contributed by atoms with van der Waals surface area (Å²) in [5.74, 6) is -1.39. The fraction of sp³-hybridized carbons (Fsp3) is 0.364. The Bertz CT molecular complexity index is 1820. The van der Waals surface area contributed by atoms with E-state index < -0.39 is 22.2 Å². The summed E-state index contributed by atoms with van der Waals surface area (Å²) >= 11 is 0. The van der Waals surface area contributed by atoms with E-state index in [1.165, 1.54) is 6.08 Å². The van der Waals surface area contributed by atoms with Crippen molar-refractivity contribution in [2.24, 2.45) is 0 Å². The van der Waals surface area contributed by atoms with Crippen molar-refractivity contribution in [3.63, 3.8) is 0 Å². The first-order chi connectivity index (χ1) is 22.1. The minimum absolute atomic E-state index is 0.0281. The number of carbonyl (C=O) groups is 1. The van der Waals surface area contributed by atoms with Gasteiger partial charge in [-0.05, 0) is 66.8 Å². The SMILES string of the molecule is CCOC(=O)CC(c1ccc(C)c(CN2CC=C(O)OS2(=O)=O)c1)c1ccc2c(nnn2CCN(CCO)c2ccccc2)c1C. The van der Waals surface area contributed by atoms with E-state index >= 15 is 0 Å². The molecule has 0 spiro atoms. The molecule has 2 N–H and O–H groups in total. The molecular weight excluding hydrogens is 610 g/mol. The van der Waals surface area contributed by atoms with Crippen LogP contribution in [0, 0.1) is 13.8 Å². The Hall–Kier alpha value is -4.46. The van der Waals surface area contributed by atoms with Crippen molar-refractivity contribution in [2.75, 3.05) is 37.7 Å². The number of benzene rings is 3. The molecule has 4 aromatic rings. The van der Waals surface area contributed by atoms with Crippen LogP contribution in [-0.4, -0.2) is 76.7 Å². The van der Waals surface area contributed by atoms with Crippen molar-refractivity contribution in [3.05, 3.63) is 101 Å². The van der Waals surface area contributed by atoms with Gasteiger partial charge in [0, 0.05) is 43.9 Å². The van der Waals surface area contributed by atoms with E-state index in [1.54, 1.807) is 6.92 Å². The highest BCUT2D eigenvalue weighted by molar-refractivity contribution is 7.84. The first-order valence-corrected chi connectivity index (χ1v) is 16.5. The number of hydrogen-bond acceptors (Lipinski definition) is 10. The number of hydrogen-bond donors (Lipinski definition) is 2. The minimum atomic E-state index is -4.15. The third-order valence-corrected chi connectivity index (χ3v) is 9.50. The summed E-state index contributed by atoms with van der Waals surface area (Å²) in [6.07, 6.45) is 1.37. The number of aliphatic hydroxyl groups excluding tert-OH is 2. The lowest BCUT2D eigenvalue weighted by Gasteiger charge is -2.25. The molecule has 12 nitrogen and oxygen atoms in total. The molecule has 46 heavy (non-hydrogen) atoms. The standard InChI is InChI=1S/C33H39N5O7S/c1-4-44-32(41)21-29(25-11-10-23(2)26(20-25)22-37-15-14-31(40)45-46(37,42)43)28-12-13-30-33(24(28)3)34-35-38(30)17-16-36(18-19-39)27-8-6-5-7-9-27/h5-14,20,29,39-40H,4,15-19,21-22H2,1-3H3. The van der Waals surface area contributed by atoms with Gasteiger partial charge in [0.05, 0.1) is 31.7 Å². The molecule has 2 heterocycles. The lowest BCUT2D eigenvalue weighted by molar-refractivity contribution is -0.143. The van der Waals surface area contributed by atoms with Gasteiger partial charge in [0.15, 0.2) is 0 Å². The molecule has 1 aromatic heterocycles. The van der Waals surface area contributed by atoms with Crippen molar-refractivity contribution in [3.8, 4) is 0 Å². The van der Waals surface area contributed by atoms with Crippen LogP contribution in [0.1, 0.15) is 47.1 Å². The molecule has 3 aromatic carbocycles. The van der Waals surface area contributed by atoms with Crippen LogP contribution in [0.25, 0.3) is 11.0 Å². The van der Waals surface area contributed by atoms with E-state index in [2.05, 4.69) is 19.4 Å². The van der Waals surface area contributed by atoms with Crippen LogP contribution in [0.15, 0.2) is 72.7 Å². The normalized spacial score (nSPS) is 15.3. The van der Waals surface area contributed by atoms with Crippen LogP contribution in [0.4, 0.5) is 5.69 Å². The average molecular weight is 650 g/mol. The van der Waals surface area contributed by atoms with Gasteiger partial charge in [-0.15, -0.1) is 5.10 Å². The average Bonchev–Trinajstić information content (AvgIpc) is 3.45. The van der Waals surface area contributed by atoms with Crippen molar-refractivity contribution >= 4 is 33.0 Å². The Balaban J connectivity index is 1.46. The number of carbonyl (C=O) groups excluding carboxylic acids is 1. The highest BCUT2D eigenvalue weighted by Crippen LogP contribution is 2.35. The van der Waals surface area contributed by atoms with Crippen molar-refractivity contribution in [1.82, 2.24) is 19.3 Å². The predicted molar refractivity (Wildman–Crippen MR) is 173 cm³/mol. The number of aromatic nitrogens is 3. The third kappa shape index (κ3) is 7.33. The van der Waals surface area contributed by atoms with Crippen LogP contribution >= 0.6 is 0 Å². The molecule has 1 unspecified atom stereocenters. The Kier molecular flexibility index (Phi) is 10.2. The van der Waals surface area contributed by atoms with Gasteiger partial charge < -0.3 is 24.0 Å². The molecule has 0 saturated heterocycles. The van der Waals surface area contributed by atoms with E-state index in [4.69, 9.17) is 4.74 Å². The van der Waals surface area contributed by atoms with Gasteiger partial charge in [-0.1, -0.05) is 47.7 Å². The van der Waals surface area contributed by atoms with E-state index in [0.717, 1.165) is 48.8 Å². The second kappa shape index (κ2) is 14.3. The fourth-order valence-electron chi connectivity index (χ4n) is 5.74. The molecule has 13 heteroatoms. The number of aryl methyl sites for hydroxylation is 2. The molecule has 0 bridgehead atoms. The second-order valence-corrected chi connectivity index (χ2v) is 12.7. The lowest BCUT2D eigenvalue weighted by Crippen LogP contribution is -2.35. The number of rotatable bonds is 13. The highest BCUT2D eigenvalue weighted by Gasteiger charge is 2.30. The molecule has 0 saturated carbocycles. The van der Waals surface area contributed by atoms with Crippen LogP contribution in [0.2, 0.25) is 0 Å². The maximum Gasteiger partial charge on any atom is 0.388 e. The number of aliphatic hydroxyl groups is 2. The van der Waals surface area contributed by atoms with Gasteiger partial charge in [-0.25, -0.2) is 4.68 Å². The monoisotopic (exact) mass is 649 g/mol. The van der Waals surface area contributed by atoms with Crippen molar-refractivity contribution in [2.45, 2.75) is 46.2 Å². The molecular formula is C33H39N5O7S. The lowest BCUT2D eigenvalue weighted by atomic mass is 9.84. The first-order valence-electron chi connectivity index (χ1n) is 15.2. The largest absolute Gasteiger partial charge is 0.480 e. The molecule has 1 atom stereocenters. The number of para-hydroxylation sites is 1. The first kappa shape index (κ1) is 32.9. The second-order valence-electron chi connectivity index (χ2n) is 11.1. The van der Waals surface area contributed by atoms with E-state index in [1.807, 2.05) is 79.2 Å². The van der Waals surface area contributed by atoms with Gasteiger partial charge in [0.25, 0.3) is 5.95 Å². The number of nitrogens with zero attached hydrogens (tertiary/aromatic N) is 5. The van der Waals surface area contributed by atoms with Crippen molar-refractivity contribution < 1.29 is 32.3 Å². The maximum atomic E-state index is 12.9. The zero-order valence-corrected chi connectivity index (χ0v) is 27.0. The molecule has 244 valence electrons. The Morgan fingerprint density at radius 2 is 1.89 bits per heavy atom. The maximum absolute atomic E-state index is 12.9. The summed E-state index contributed by atoms with van der Waals surface area (Å²) < 4.78 is 38.1. The molecule has 0 fully saturated rings. The molecule has 1 aliphatic heterocycles. The van der Waals surface area contributed by atoms with Crippen LogP contribution in [0.5, 0.6) is 0 Å². The van der Waals surface area contributed by atoms with Gasteiger partial charge >= 0.3 is 16.3 Å². The summed E-state index contributed by atoms with van der Waals surface area (Å²) in [7, 11) is -4.15. The van der Waals surface area contributed by atoms with E-state index in [9.17, 15) is 23.4 Å². The topological polar surface area (TPSA) is 147 Å². The van der Waals surface area contributed by atoms with Crippen LogP contribution < -0.4 is 4.90 Å². The van der Waals surface area contributed by atoms with Gasteiger partial charge in [-0.3, -0.25) is 4.79 Å². The zero-order chi connectivity index (χ0) is 32.8. The smallest absolute Gasteiger partial charge is 0.388 e. The Morgan fingerprint density at radius 3 is 2.61 bits per heavy atom. The summed E-state index contributed by atoms with van der Waals surface area (Å²) in [6, 6.07) is 19.6. The van der Waals surface area contributed by atoms with Crippen LogP contribution in [-0.2, 0) is 37.1 Å². The van der Waals surface area contributed by atoms with Crippen molar-refractivity contribution in [1.29, 1.82) is 0 Å². The Morgan fingerprint density at radius 1 is 1.11 bits per heavy atom. The van der Waals surface area contributed by atoms with Gasteiger partial charge in [0.2, 0.25) is 0 Å². The zero-order valence-electron chi connectivity index (χ0n) is 26.2. The summed E-state index contributed by atoms with van der Waals surface area (Å²) in [5.41, 5.74) is 6.77. The minimum Gasteiger partial charge on any atom is -0.480 e. The van der Waals surface area contributed by atoms with Crippen LogP contribution in [0.3, 0.4) is 0 Å². The predicted octanol–water partition coefficient (Wildman–Crippen LogP) is 4.11. The molecule has 5 rings (SSSR count). The number of anilines is 1. The summed E-state index contributed by atoms with van der Waals surface area (Å²) in [6.45, 7) is 7.55. The Labute approximate surface area is 268 Å². The third-order valence-electron chi connectivity index (χ3n) is 8.21. The van der Waals surface area contributed by atoms with Gasteiger partial charge in [-0.2, -0.15) is 12.7 Å². The van der Waals surface area contributed by atoms with E-state index in [0.29, 0.717) is 19.6 Å². The molecule has 0 radical (unpaired) electrons. The molecule has 0 aliphatic carbocycles. The molecule has 1 aliphatic rings. The fourth-order valence-corrected chi connectivity index (χ4v) is 6.69. The quantitative estimate of drug-likeness (QED) is 0.203. The van der Waals surface area contributed by atoms with E-state index in [-0.39, 0.29) is 38.7 Å². The summed E-state index contributed by atoms with van der Waals surface area (Å²) in [5, 5.41) is 28.1. The number of ether oxygens (including phenoxy) is 1. The highest BCUT2D eigenvalue weighted by atomic mass is 32.2.